The second-order valence-corrected chi connectivity index (χ2v) is 4.93. The molecular weight excluding hydrogens is 201 g/mol. The van der Waals surface area contributed by atoms with E-state index in [1.54, 1.807) is 13.0 Å². The van der Waals surface area contributed by atoms with Crippen LogP contribution < -0.4 is 5.32 Å². The monoisotopic (exact) mass is 221 g/mol. The van der Waals surface area contributed by atoms with E-state index in [4.69, 9.17) is 0 Å². The van der Waals surface area contributed by atoms with Crippen molar-refractivity contribution < 1.29 is 4.39 Å². The summed E-state index contributed by atoms with van der Waals surface area (Å²) >= 11 is 0. The zero-order chi connectivity index (χ0) is 11.5. The number of nitrogens with one attached hydrogen (secondary N) is 1. The van der Waals surface area contributed by atoms with E-state index in [-0.39, 0.29) is 5.82 Å². The van der Waals surface area contributed by atoms with Crippen LogP contribution in [0.4, 0.5) is 4.39 Å². The number of aryl methyl sites for hydroxylation is 1. The molecule has 16 heavy (non-hydrogen) atoms. The van der Waals surface area contributed by atoms with Gasteiger partial charge in [0, 0.05) is 6.04 Å². The molecule has 1 aliphatic carbocycles. The van der Waals surface area contributed by atoms with Crippen molar-refractivity contribution in [2.45, 2.75) is 45.1 Å². The van der Waals surface area contributed by atoms with E-state index in [1.165, 1.54) is 12.8 Å². The van der Waals surface area contributed by atoms with Crippen LogP contribution in [0.5, 0.6) is 0 Å². The fourth-order valence-electron chi connectivity index (χ4n) is 1.87. The molecule has 1 atom stereocenters. The van der Waals surface area contributed by atoms with E-state index >= 15 is 0 Å². The van der Waals surface area contributed by atoms with Gasteiger partial charge in [-0.05, 0) is 55.8 Å². The highest BCUT2D eigenvalue weighted by Gasteiger charge is 2.20. The van der Waals surface area contributed by atoms with Crippen LogP contribution in [0.25, 0.3) is 0 Å². The summed E-state index contributed by atoms with van der Waals surface area (Å²) in [5.41, 5.74) is 1.84. The second kappa shape index (κ2) is 4.96. The van der Waals surface area contributed by atoms with Gasteiger partial charge in [0.15, 0.2) is 0 Å². The van der Waals surface area contributed by atoms with Crippen molar-refractivity contribution >= 4 is 0 Å². The molecule has 0 spiro atoms. The van der Waals surface area contributed by atoms with Gasteiger partial charge in [-0.25, -0.2) is 4.39 Å². The van der Waals surface area contributed by atoms with Crippen LogP contribution in [0, 0.1) is 12.7 Å². The van der Waals surface area contributed by atoms with Crippen LogP contribution in [-0.2, 0) is 0 Å². The average molecular weight is 221 g/mol. The molecule has 1 aromatic rings. The number of rotatable bonds is 5. The van der Waals surface area contributed by atoms with Crippen molar-refractivity contribution in [3.8, 4) is 0 Å². The van der Waals surface area contributed by atoms with Gasteiger partial charge in [-0.1, -0.05) is 19.1 Å². The maximum Gasteiger partial charge on any atom is 0.126 e. The summed E-state index contributed by atoms with van der Waals surface area (Å²) in [4.78, 5) is 0. The Balaban J connectivity index is 1.86. The zero-order valence-corrected chi connectivity index (χ0v) is 10.1. The zero-order valence-electron chi connectivity index (χ0n) is 10.1. The normalized spacial score (nSPS) is 17.4. The predicted octanol–water partition coefficient (Wildman–Crippen LogP) is 3.38. The lowest BCUT2D eigenvalue weighted by atomic mass is 9.96. The minimum atomic E-state index is -0.0838. The Kier molecular flexibility index (Phi) is 3.59. The SMILES string of the molecule is Cc1ccc(C(C)CCNC2CC2)cc1F. The first-order valence-electron chi connectivity index (χ1n) is 6.16. The summed E-state index contributed by atoms with van der Waals surface area (Å²) in [5, 5.41) is 3.49. The Labute approximate surface area is 97.1 Å². The van der Waals surface area contributed by atoms with Crippen LogP contribution in [-0.4, -0.2) is 12.6 Å². The highest BCUT2D eigenvalue weighted by molar-refractivity contribution is 5.25. The molecule has 1 fully saturated rings. The molecule has 0 amide bonds. The minimum Gasteiger partial charge on any atom is -0.314 e. The van der Waals surface area contributed by atoms with Crippen molar-refractivity contribution in [3.63, 3.8) is 0 Å². The molecule has 1 nitrogen and oxygen atoms in total. The smallest absolute Gasteiger partial charge is 0.126 e. The summed E-state index contributed by atoms with van der Waals surface area (Å²) in [6.07, 6.45) is 3.74. The number of halogens is 1. The fourth-order valence-corrected chi connectivity index (χ4v) is 1.87. The van der Waals surface area contributed by atoms with Gasteiger partial charge in [-0.3, -0.25) is 0 Å². The Bertz CT molecular complexity index is 358. The molecule has 0 heterocycles. The van der Waals surface area contributed by atoms with Gasteiger partial charge in [0.05, 0.1) is 0 Å². The van der Waals surface area contributed by atoms with E-state index in [2.05, 4.69) is 12.2 Å². The Morgan fingerprint density at radius 1 is 1.44 bits per heavy atom. The van der Waals surface area contributed by atoms with Gasteiger partial charge in [0.25, 0.3) is 0 Å². The lowest BCUT2D eigenvalue weighted by Gasteiger charge is -2.13. The molecule has 88 valence electrons. The third-order valence-corrected chi connectivity index (χ3v) is 3.35. The van der Waals surface area contributed by atoms with Gasteiger partial charge in [-0.2, -0.15) is 0 Å². The van der Waals surface area contributed by atoms with E-state index in [0.717, 1.165) is 30.1 Å². The van der Waals surface area contributed by atoms with Crippen molar-refractivity contribution in [2.75, 3.05) is 6.54 Å². The fraction of sp³-hybridized carbons (Fsp3) is 0.571. The molecule has 2 rings (SSSR count). The number of hydrogen-bond acceptors (Lipinski definition) is 1. The summed E-state index contributed by atoms with van der Waals surface area (Å²) in [5.74, 6) is 0.348. The van der Waals surface area contributed by atoms with Crippen molar-refractivity contribution in [1.82, 2.24) is 5.32 Å². The van der Waals surface area contributed by atoms with Gasteiger partial charge in [0.2, 0.25) is 0 Å². The molecule has 0 aromatic heterocycles. The molecule has 0 radical (unpaired) electrons. The maximum atomic E-state index is 13.4. The predicted molar refractivity (Wildman–Crippen MR) is 65.2 cm³/mol. The van der Waals surface area contributed by atoms with Gasteiger partial charge >= 0.3 is 0 Å². The minimum absolute atomic E-state index is 0.0838. The Hall–Kier alpha value is -0.890. The van der Waals surface area contributed by atoms with E-state index in [1.807, 2.05) is 12.1 Å². The quantitative estimate of drug-likeness (QED) is 0.803. The molecule has 1 N–H and O–H groups in total. The molecule has 1 aromatic carbocycles. The lowest BCUT2D eigenvalue weighted by Crippen LogP contribution is -2.19. The molecule has 0 saturated heterocycles. The summed E-state index contributed by atoms with van der Waals surface area (Å²) in [6, 6.07) is 6.36. The van der Waals surface area contributed by atoms with Crippen molar-refractivity contribution in [3.05, 3.63) is 35.1 Å². The van der Waals surface area contributed by atoms with Crippen molar-refractivity contribution in [1.29, 1.82) is 0 Å². The number of benzene rings is 1. The van der Waals surface area contributed by atoms with Crippen molar-refractivity contribution in [2.24, 2.45) is 0 Å². The van der Waals surface area contributed by atoms with Crippen LogP contribution in [0.15, 0.2) is 18.2 Å². The lowest BCUT2D eigenvalue weighted by molar-refractivity contribution is 0.581. The molecule has 2 heteroatoms. The molecule has 1 unspecified atom stereocenters. The molecule has 0 aliphatic heterocycles. The van der Waals surface area contributed by atoms with Crippen LogP contribution in [0.1, 0.15) is 43.2 Å². The first-order chi connectivity index (χ1) is 7.66. The van der Waals surface area contributed by atoms with Gasteiger partial charge < -0.3 is 5.32 Å². The largest absolute Gasteiger partial charge is 0.314 e. The van der Waals surface area contributed by atoms with Gasteiger partial charge in [0.1, 0.15) is 5.82 Å². The van der Waals surface area contributed by atoms with E-state index in [9.17, 15) is 4.39 Å². The average Bonchev–Trinajstić information content (AvgIpc) is 3.06. The van der Waals surface area contributed by atoms with Crippen LogP contribution >= 0.6 is 0 Å². The topological polar surface area (TPSA) is 12.0 Å². The first kappa shape index (κ1) is 11.6. The molecular formula is C14H20FN. The standard InChI is InChI=1S/C14H20FN/c1-10(7-8-16-13-5-6-13)12-4-3-11(2)14(15)9-12/h3-4,9-10,13,16H,5-8H2,1-2H3. The summed E-state index contributed by atoms with van der Waals surface area (Å²) < 4.78 is 13.4. The second-order valence-electron chi connectivity index (χ2n) is 4.93. The molecule has 0 bridgehead atoms. The third kappa shape index (κ3) is 3.05. The molecule has 1 saturated carbocycles. The van der Waals surface area contributed by atoms with Gasteiger partial charge in [-0.15, -0.1) is 0 Å². The number of hydrogen-bond donors (Lipinski definition) is 1. The molecule has 1 aliphatic rings. The van der Waals surface area contributed by atoms with E-state index in [0.29, 0.717) is 5.92 Å². The Morgan fingerprint density at radius 3 is 2.81 bits per heavy atom. The maximum absolute atomic E-state index is 13.4. The third-order valence-electron chi connectivity index (χ3n) is 3.35. The first-order valence-corrected chi connectivity index (χ1v) is 6.16. The highest BCUT2D eigenvalue weighted by atomic mass is 19.1. The van der Waals surface area contributed by atoms with E-state index < -0.39 is 0 Å². The van der Waals surface area contributed by atoms with Crippen LogP contribution in [0.2, 0.25) is 0 Å². The van der Waals surface area contributed by atoms with Crippen LogP contribution in [0.3, 0.4) is 0 Å². The summed E-state index contributed by atoms with van der Waals surface area (Å²) in [6.45, 7) is 5.01. The summed E-state index contributed by atoms with van der Waals surface area (Å²) in [7, 11) is 0. The highest BCUT2D eigenvalue weighted by Crippen LogP contribution is 2.22. The Morgan fingerprint density at radius 2 is 2.19 bits per heavy atom.